The number of rotatable bonds is 6. The second-order valence-corrected chi connectivity index (χ2v) is 9.50. The molecular weight excluding hydrogens is 410 g/mol. The summed E-state index contributed by atoms with van der Waals surface area (Å²) in [5.41, 5.74) is 7.05. The summed E-state index contributed by atoms with van der Waals surface area (Å²) in [7, 11) is 1.90. The van der Waals surface area contributed by atoms with Crippen molar-refractivity contribution in [3.8, 4) is 0 Å². The molecule has 2 aromatic heterocycles. The number of nitrogens with one attached hydrogen (secondary N) is 1. The van der Waals surface area contributed by atoms with Crippen molar-refractivity contribution in [2.75, 3.05) is 18.9 Å². The number of likely N-dealkylation sites (N-methyl/N-ethyl adjacent to an activating group) is 1. The SMILES string of the molecule is CN(CC(=O)Nc1sc2c(c1C(N)=O)CCC2)Cc1ccc(Br)s1. The summed E-state index contributed by atoms with van der Waals surface area (Å²) in [6, 6.07) is 4.04. The molecule has 1 aliphatic rings. The van der Waals surface area contributed by atoms with E-state index < -0.39 is 5.91 Å². The minimum atomic E-state index is -0.457. The molecule has 0 aliphatic heterocycles. The van der Waals surface area contributed by atoms with Crippen molar-refractivity contribution in [2.45, 2.75) is 25.8 Å². The topological polar surface area (TPSA) is 75.4 Å². The zero-order valence-corrected chi connectivity index (χ0v) is 16.4. The van der Waals surface area contributed by atoms with Crippen molar-refractivity contribution in [1.29, 1.82) is 0 Å². The maximum Gasteiger partial charge on any atom is 0.251 e. The highest BCUT2D eigenvalue weighted by Gasteiger charge is 2.26. The molecule has 8 heteroatoms. The lowest BCUT2D eigenvalue weighted by Gasteiger charge is -2.15. The van der Waals surface area contributed by atoms with E-state index in [1.807, 2.05) is 24.1 Å². The molecule has 3 rings (SSSR count). The summed E-state index contributed by atoms with van der Waals surface area (Å²) in [5.74, 6) is -0.586. The Kier molecular flexibility index (Phi) is 5.39. The zero-order valence-electron chi connectivity index (χ0n) is 13.2. The summed E-state index contributed by atoms with van der Waals surface area (Å²) in [4.78, 5) is 28.4. The van der Waals surface area contributed by atoms with E-state index in [0.29, 0.717) is 17.1 Å². The van der Waals surface area contributed by atoms with Crippen molar-refractivity contribution in [3.05, 3.63) is 36.8 Å². The van der Waals surface area contributed by atoms with Gasteiger partial charge in [0.25, 0.3) is 5.91 Å². The van der Waals surface area contributed by atoms with E-state index >= 15 is 0 Å². The van der Waals surface area contributed by atoms with Crippen LogP contribution in [0, 0.1) is 0 Å². The molecule has 3 N–H and O–H groups in total. The second kappa shape index (κ2) is 7.35. The van der Waals surface area contributed by atoms with Gasteiger partial charge in [-0.15, -0.1) is 22.7 Å². The number of carbonyl (C=O) groups is 2. The number of aryl methyl sites for hydroxylation is 1. The van der Waals surface area contributed by atoms with Gasteiger partial charge in [0.15, 0.2) is 0 Å². The Balaban J connectivity index is 1.64. The molecule has 24 heavy (non-hydrogen) atoms. The van der Waals surface area contributed by atoms with Crippen molar-refractivity contribution in [3.63, 3.8) is 0 Å². The van der Waals surface area contributed by atoms with Gasteiger partial charge in [0.2, 0.25) is 5.91 Å². The van der Waals surface area contributed by atoms with Gasteiger partial charge in [0.05, 0.1) is 15.9 Å². The van der Waals surface area contributed by atoms with Crippen LogP contribution in [-0.4, -0.2) is 30.3 Å². The first kappa shape index (κ1) is 17.6. The van der Waals surface area contributed by atoms with E-state index in [1.54, 1.807) is 11.3 Å². The molecule has 0 bridgehead atoms. The molecule has 0 radical (unpaired) electrons. The number of thiophene rings is 2. The average molecular weight is 428 g/mol. The average Bonchev–Trinajstić information content (AvgIpc) is 3.14. The van der Waals surface area contributed by atoms with E-state index in [9.17, 15) is 9.59 Å². The van der Waals surface area contributed by atoms with Gasteiger partial charge in [-0.2, -0.15) is 0 Å². The minimum Gasteiger partial charge on any atom is -0.365 e. The predicted molar refractivity (Wildman–Crippen MR) is 102 cm³/mol. The Labute approximate surface area is 157 Å². The van der Waals surface area contributed by atoms with Crippen LogP contribution in [0.4, 0.5) is 5.00 Å². The standard InChI is InChI=1S/C16H18BrN3O2S2/c1-20(7-9-5-6-12(17)23-9)8-13(21)19-16-14(15(18)22)10-3-2-4-11(10)24-16/h5-6H,2-4,7-8H2,1H3,(H2,18,22)(H,19,21). The van der Waals surface area contributed by atoms with Crippen molar-refractivity contribution in [1.82, 2.24) is 4.90 Å². The number of halogens is 1. The molecule has 0 spiro atoms. The molecule has 0 saturated heterocycles. The molecule has 0 unspecified atom stereocenters. The van der Waals surface area contributed by atoms with Gasteiger partial charge in [-0.3, -0.25) is 14.5 Å². The summed E-state index contributed by atoms with van der Waals surface area (Å²) < 4.78 is 1.08. The van der Waals surface area contributed by atoms with E-state index in [1.165, 1.54) is 21.1 Å². The third kappa shape index (κ3) is 3.88. The molecule has 0 fully saturated rings. The fraction of sp³-hybridized carbons (Fsp3) is 0.375. The van der Waals surface area contributed by atoms with Crippen LogP contribution in [-0.2, 0) is 24.2 Å². The van der Waals surface area contributed by atoms with Gasteiger partial charge < -0.3 is 11.1 Å². The van der Waals surface area contributed by atoms with Gasteiger partial charge in [0, 0.05) is 16.3 Å². The first-order chi connectivity index (χ1) is 11.4. The zero-order chi connectivity index (χ0) is 17.3. The molecular formula is C16H18BrN3O2S2. The molecule has 2 aromatic rings. The minimum absolute atomic E-state index is 0.129. The largest absolute Gasteiger partial charge is 0.365 e. The van der Waals surface area contributed by atoms with E-state index in [4.69, 9.17) is 5.73 Å². The third-order valence-electron chi connectivity index (χ3n) is 3.89. The van der Waals surface area contributed by atoms with Crippen LogP contribution < -0.4 is 11.1 Å². The van der Waals surface area contributed by atoms with Crippen LogP contribution in [0.15, 0.2) is 15.9 Å². The van der Waals surface area contributed by atoms with Crippen molar-refractivity contribution in [2.24, 2.45) is 5.73 Å². The first-order valence-electron chi connectivity index (χ1n) is 7.61. The normalized spacial score (nSPS) is 13.3. The summed E-state index contributed by atoms with van der Waals surface area (Å²) in [6.45, 7) is 0.962. The smallest absolute Gasteiger partial charge is 0.251 e. The lowest BCUT2D eigenvalue weighted by molar-refractivity contribution is -0.117. The van der Waals surface area contributed by atoms with Gasteiger partial charge in [-0.05, 0) is 59.9 Å². The molecule has 2 heterocycles. The fourth-order valence-electron chi connectivity index (χ4n) is 2.92. The third-order valence-corrected chi connectivity index (χ3v) is 6.70. The van der Waals surface area contributed by atoms with Gasteiger partial charge in [0.1, 0.15) is 5.00 Å². The number of anilines is 1. The predicted octanol–water partition coefficient (Wildman–Crippen LogP) is 3.23. The number of hydrogen-bond donors (Lipinski definition) is 2. The van der Waals surface area contributed by atoms with Gasteiger partial charge in [-0.1, -0.05) is 0 Å². The van der Waals surface area contributed by atoms with E-state index in [2.05, 4.69) is 21.2 Å². The van der Waals surface area contributed by atoms with Gasteiger partial charge >= 0.3 is 0 Å². The van der Waals surface area contributed by atoms with E-state index in [-0.39, 0.29) is 12.5 Å². The van der Waals surface area contributed by atoms with Crippen molar-refractivity contribution < 1.29 is 9.59 Å². The highest BCUT2D eigenvalue weighted by atomic mass is 79.9. The Morgan fingerprint density at radius 2 is 2.12 bits per heavy atom. The Hall–Kier alpha value is -1.22. The number of hydrogen-bond acceptors (Lipinski definition) is 5. The van der Waals surface area contributed by atoms with Crippen LogP contribution >= 0.6 is 38.6 Å². The highest BCUT2D eigenvalue weighted by Crippen LogP contribution is 2.38. The van der Waals surface area contributed by atoms with Crippen LogP contribution in [0.3, 0.4) is 0 Å². The van der Waals surface area contributed by atoms with Crippen LogP contribution in [0.2, 0.25) is 0 Å². The summed E-state index contributed by atoms with van der Waals surface area (Å²) in [6.07, 6.45) is 2.88. The number of primary amides is 1. The fourth-order valence-corrected chi connectivity index (χ4v) is 5.80. The Morgan fingerprint density at radius 1 is 1.33 bits per heavy atom. The maximum atomic E-state index is 12.3. The van der Waals surface area contributed by atoms with Crippen molar-refractivity contribution >= 4 is 55.4 Å². The number of nitrogens with two attached hydrogens (primary N) is 1. The summed E-state index contributed by atoms with van der Waals surface area (Å²) >= 11 is 6.58. The number of fused-ring (bicyclic) bond motifs is 1. The quantitative estimate of drug-likeness (QED) is 0.742. The van der Waals surface area contributed by atoms with Crippen LogP contribution in [0.1, 0.15) is 32.1 Å². The number of nitrogens with zero attached hydrogens (tertiary/aromatic N) is 1. The van der Waals surface area contributed by atoms with E-state index in [0.717, 1.165) is 28.6 Å². The number of carbonyl (C=O) groups excluding carboxylic acids is 2. The van der Waals surface area contributed by atoms with Crippen LogP contribution in [0.25, 0.3) is 0 Å². The Morgan fingerprint density at radius 3 is 2.79 bits per heavy atom. The molecule has 128 valence electrons. The lowest BCUT2D eigenvalue weighted by Crippen LogP contribution is -2.30. The summed E-state index contributed by atoms with van der Waals surface area (Å²) in [5, 5.41) is 3.48. The molecule has 0 aromatic carbocycles. The second-order valence-electron chi connectivity index (χ2n) is 5.85. The molecule has 2 amide bonds. The first-order valence-corrected chi connectivity index (χ1v) is 10.0. The van der Waals surface area contributed by atoms with Gasteiger partial charge in [-0.25, -0.2) is 0 Å². The highest BCUT2D eigenvalue weighted by molar-refractivity contribution is 9.11. The lowest BCUT2D eigenvalue weighted by atomic mass is 10.1. The van der Waals surface area contributed by atoms with Crippen LogP contribution in [0.5, 0.6) is 0 Å². The molecule has 1 aliphatic carbocycles. The molecule has 0 saturated carbocycles. The maximum absolute atomic E-state index is 12.3. The molecule has 5 nitrogen and oxygen atoms in total. The number of amides is 2. The molecule has 0 atom stereocenters. The Bertz CT molecular complexity index is 784. The monoisotopic (exact) mass is 427 g/mol.